The Kier molecular flexibility index (Phi) is 3.16. The molecule has 3 nitrogen and oxygen atoms in total. The van der Waals surface area contributed by atoms with Gasteiger partial charge in [-0.2, -0.15) is 0 Å². The quantitative estimate of drug-likeness (QED) is 0.802. The molecule has 2 unspecified atom stereocenters. The molecule has 0 aromatic carbocycles. The van der Waals surface area contributed by atoms with Crippen LogP contribution in [0.15, 0.2) is 0 Å². The van der Waals surface area contributed by atoms with Crippen LogP contribution in [0.2, 0.25) is 0 Å². The van der Waals surface area contributed by atoms with Gasteiger partial charge >= 0.3 is 5.97 Å². The van der Waals surface area contributed by atoms with E-state index in [0.717, 1.165) is 6.42 Å². The molecule has 3 aliphatic carbocycles. The summed E-state index contributed by atoms with van der Waals surface area (Å²) >= 11 is 0. The van der Waals surface area contributed by atoms with E-state index in [1.165, 1.54) is 7.05 Å². The third-order valence-corrected chi connectivity index (χ3v) is 5.44. The molecule has 3 aliphatic rings. The number of carbonyl (C=O) groups is 1. The maximum absolute atomic E-state index is 13.7. The average Bonchev–Trinajstić information content (AvgIpc) is 2.79. The number of hydrogen-bond acceptors (Lipinski definition) is 2. The van der Waals surface area contributed by atoms with E-state index in [2.05, 4.69) is 5.73 Å². The third-order valence-electron chi connectivity index (χ3n) is 5.44. The second-order valence-corrected chi connectivity index (χ2v) is 6.02. The average molecular weight is 261 g/mol. The predicted molar refractivity (Wildman–Crippen MR) is 63.2 cm³/mol. The number of nitrogens with two attached hydrogens (primary N) is 1. The van der Waals surface area contributed by atoms with Crippen molar-refractivity contribution in [3.8, 4) is 0 Å². The molecule has 3 saturated carbocycles. The van der Waals surface area contributed by atoms with E-state index in [0.29, 0.717) is 6.42 Å². The van der Waals surface area contributed by atoms with Crippen molar-refractivity contribution in [1.29, 1.82) is 0 Å². The Hall–Kier alpha value is -0.710. The van der Waals surface area contributed by atoms with Gasteiger partial charge in [0.2, 0.25) is 0 Å². The Morgan fingerprint density at radius 3 is 2.39 bits per heavy atom. The van der Waals surface area contributed by atoms with E-state index < -0.39 is 17.8 Å². The number of hydrogen-bond donors (Lipinski definition) is 2. The summed E-state index contributed by atoms with van der Waals surface area (Å²) in [7, 11) is 1.50. The molecular weight excluding hydrogens is 240 g/mol. The Morgan fingerprint density at radius 1 is 1.28 bits per heavy atom. The van der Waals surface area contributed by atoms with Gasteiger partial charge < -0.3 is 10.8 Å². The van der Waals surface area contributed by atoms with E-state index in [-0.39, 0.29) is 36.0 Å². The summed E-state index contributed by atoms with van der Waals surface area (Å²) in [6.07, 6.45) is 1.36. The van der Waals surface area contributed by atoms with Crippen LogP contribution in [0.5, 0.6) is 0 Å². The SMILES string of the molecule is CN.C[C@@]1(CC(=O)O)C2CC(F)(F)C3CC[C@H]1[C@@H]32. The fourth-order valence-electron chi connectivity index (χ4n) is 4.85. The van der Waals surface area contributed by atoms with E-state index in [1.54, 1.807) is 0 Å². The first kappa shape index (κ1) is 13.7. The first-order valence-corrected chi connectivity index (χ1v) is 6.53. The van der Waals surface area contributed by atoms with Crippen molar-refractivity contribution in [2.45, 2.75) is 38.5 Å². The van der Waals surface area contributed by atoms with Crippen LogP contribution < -0.4 is 5.73 Å². The summed E-state index contributed by atoms with van der Waals surface area (Å²) in [5.41, 5.74) is 4.13. The molecule has 3 rings (SSSR count). The molecule has 18 heavy (non-hydrogen) atoms. The summed E-state index contributed by atoms with van der Waals surface area (Å²) < 4.78 is 27.4. The predicted octanol–water partition coefficient (Wildman–Crippen LogP) is 2.35. The zero-order chi connectivity index (χ0) is 13.7. The first-order valence-electron chi connectivity index (χ1n) is 6.53. The number of rotatable bonds is 2. The van der Waals surface area contributed by atoms with E-state index >= 15 is 0 Å². The van der Waals surface area contributed by atoms with Crippen LogP contribution in [0.25, 0.3) is 0 Å². The fraction of sp³-hybridized carbons (Fsp3) is 0.923. The number of halogens is 2. The minimum Gasteiger partial charge on any atom is -0.481 e. The van der Waals surface area contributed by atoms with Gasteiger partial charge in [0.15, 0.2) is 0 Å². The van der Waals surface area contributed by atoms with Gasteiger partial charge in [-0.1, -0.05) is 6.92 Å². The summed E-state index contributed by atoms with van der Waals surface area (Å²) in [5, 5.41) is 8.90. The van der Waals surface area contributed by atoms with Gasteiger partial charge in [0.1, 0.15) is 0 Å². The largest absolute Gasteiger partial charge is 0.481 e. The molecule has 0 spiro atoms. The normalized spacial score (nSPS) is 46.7. The molecule has 0 saturated heterocycles. The lowest BCUT2D eigenvalue weighted by Crippen LogP contribution is -2.52. The van der Waals surface area contributed by atoms with Crippen molar-refractivity contribution in [3.63, 3.8) is 0 Å². The van der Waals surface area contributed by atoms with Crippen molar-refractivity contribution < 1.29 is 18.7 Å². The molecule has 0 heterocycles. The molecule has 0 amide bonds. The lowest BCUT2D eigenvalue weighted by Gasteiger charge is -2.55. The summed E-state index contributed by atoms with van der Waals surface area (Å²) in [6.45, 7) is 1.90. The fourth-order valence-corrected chi connectivity index (χ4v) is 4.85. The zero-order valence-electron chi connectivity index (χ0n) is 10.8. The van der Waals surface area contributed by atoms with Crippen molar-refractivity contribution in [2.75, 3.05) is 7.05 Å². The monoisotopic (exact) mass is 261 g/mol. The highest BCUT2D eigenvalue weighted by Crippen LogP contribution is 2.74. The van der Waals surface area contributed by atoms with Gasteiger partial charge in [-0.05, 0) is 43.1 Å². The Labute approximate surface area is 106 Å². The van der Waals surface area contributed by atoms with Crippen LogP contribution in [-0.2, 0) is 4.79 Å². The molecular formula is C13H21F2NO2. The summed E-state index contributed by atoms with van der Waals surface area (Å²) in [6, 6.07) is 0. The maximum atomic E-state index is 13.7. The van der Waals surface area contributed by atoms with E-state index in [4.69, 9.17) is 5.11 Å². The molecule has 0 radical (unpaired) electrons. The van der Waals surface area contributed by atoms with Crippen LogP contribution in [0, 0.1) is 29.1 Å². The van der Waals surface area contributed by atoms with Gasteiger partial charge in [-0.25, -0.2) is 8.78 Å². The van der Waals surface area contributed by atoms with Gasteiger partial charge in [0, 0.05) is 12.3 Å². The standard InChI is InChI=1S/C12H16F2O2.CH5N/c1-11(5-9(15)16)6-2-3-7-10(6)8(11)4-12(7,13)14;1-2/h6-8,10H,2-5H2,1H3,(H,15,16);2H2,1H3/t6-,7?,8?,10-,11-;/m0./s1. The van der Waals surface area contributed by atoms with Crippen LogP contribution in [0.4, 0.5) is 8.78 Å². The van der Waals surface area contributed by atoms with Crippen molar-refractivity contribution in [1.82, 2.24) is 0 Å². The van der Waals surface area contributed by atoms with Crippen LogP contribution >= 0.6 is 0 Å². The van der Waals surface area contributed by atoms with Crippen LogP contribution in [0.1, 0.15) is 32.6 Å². The summed E-state index contributed by atoms with van der Waals surface area (Å²) in [5.74, 6) is -3.56. The van der Waals surface area contributed by atoms with Gasteiger partial charge in [-0.15, -0.1) is 0 Å². The highest BCUT2D eigenvalue weighted by molar-refractivity contribution is 5.68. The minimum atomic E-state index is -2.54. The van der Waals surface area contributed by atoms with Crippen LogP contribution in [-0.4, -0.2) is 24.0 Å². The minimum absolute atomic E-state index is 0.0572. The van der Waals surface area contributed by atoms with Crippen LogP contribution in [0.3, 0.4) is 0 Å². The van der Waals surface area contributed by atoms with Crippen molar-refractivity contribution in [2.24, 2.45) is 34.8 Å². The highest BCUT2D eigenvalue weighted by Gasteiger charge is 2.73. The number of aliphatic carboxylic acids is 1. The molecule has 5 heteroatoms. The molecule has 0 aromatic rings. The van der Waals surface area contributed by atoms with Crippen molar-refractivity contribution >= 4 is 5.97 Å². The molecule has 0 aromatic heterocycles. The maximum Gasteiger partial charge on any atom is 0.303 e. The molecule has 0 aliphatic heterocycles. The van der Waals surface area contributed by atoms with E-state index in [9.17, 15) is 13.6 Å². The molecule has 3 N–H and O–H groups in total. The topological polar surface area (TPSA) is 63.3 Å². The molecule has 5 atom stereocenters. The van der Waals surface area contributed by atoms with Gasteiger partial charge in [0.25, 0.3) is 5.92 Å². The Bertz CT molecular complexity index is 361. The number of carboxylic acid groups (broad SMARTS) is 1. The second-order valence-electron chi connectivity index (χ2n) is 6.02. The Morgan fingerprint density at radius 2 is 1.83 bits per heavy atom. The smallest absolute Gasteiger partial charge is 0.303 e. The van der Waals surface area contributed by atoms with Gasteiger partial charge in [0.05, 0.1) is 6.42 Å². The molecule has 0 bridgehead atoms. The molecule has 3 fully saturated rings. The third kappa shape index (κ3) is 1.59. The second kappa shape index (κ2) is 4.15. The highest BCUT2D eigenvalue weighted by atomic mass is 19.3. The summed E-state index contributed by atoms with van der Waals surface area (Å²) in [4.78, 5) is 10.8. The number of alkyl halides is 2. The van der Waals surface area contributed by atoms with Crippen molar-refractivity contribution in [3.05, 3.63) is 0 Å². The van der Waals surface area contributed by atoms with Gasteiger partial charge in [-0.3, -0.25) is 4.79 Å². The lowest BCUT2D eigenvalue weighted by molar-refractivity contribution is -0.152. The zero-order valence-corrected chi connectivity index (χ0v) is 10.8. The first-order chi connectivity index (χ1) is 8.36. The Balaban J connectivity index is 0.000000574. The van der Waals surface area contributed by atoms with E-state index in [1.807, 2.05) is 6.92 Å². The number of carboxylic acids is 1. The molecule has 104 valence electrons. The lowest BCUT2D eigenvalue weighted by atomic mass is 9.48.